The van der Waals surface area contributed by atoms with E-state index in [9.17, 15) is 9.59 Å². The van der Waals surface area contributed by atoms with Crippen LogP contribution in [0.4, 0.5) is 11.5 Å². The summed E-state index contributed by atoms with van der Waals surface area (Å²) in [5, 5.41) is 9.02. The zero-order chi connectivity index (χ0) is 21.2. The molecule has 0 radical (unpaired) electrons. The molecule has 3 aromatic rings. The van der Waals surface area contributed by atoms with Crippen molar-refractivity contribution in [2.45, 2.75) is 18.9 Å². The summed E-state index contributed by atoms with van der Waals surface area (Å²) in [7, 11) is 0. The Bertz CT molecular complexity index is 1100. The normalized spacial score (nSPS) is 17.0. The SMILES string of the molecule is O=C(CN1CCN(c2ncnc3sccc23)CC1)Nc1ccccc1C(=O)NC1CC1. The van der Waals surface area contributed by atoms with Gasteiger partial charge in [-0.15, -0.1) is 11.3 Å². The van der Waals surface area contributed by atoms with E-state index in [0.29, 0.717) is 17.8 Å². The monoisotopic (exact) mass is 436 g/mol. The van der Waals surface area contributed by atoms with E-state index in [4.69, 9.17) is 0 Å². The standard InChI is InChI=1S/C22H24N6O2S/c29-19(26-18-4-2-1-3-16(18)21(30)25-15-5-6-15)13-27-8-10-28(11-9-27)20-17-7-12-31-22(17)24-14-23-20/h1-4,7,12,14-15H,5-6,8-11,13H2,(H,25,30)(H,26,29). The van der Waals surface area contributed by atoms with Crippen molar-refractivity contribution < 1.29 is 9.59 Å². The van der Waals surface area contributed by atoms with Crippen molar-refractivity contribution in [3.8, 4) is 0 Å². The summed E-state index contributed by atoms with van der Waals surface area (Å²) in [6.07, 6.45) is 3.67. The lowest BCUT2D eigenvalue weighted by Gasteiger charge is -2.35. The number of rotatable bonds is 6. The van der Waals surface area contributed by atoms with Gasteiger partial charge in [-0.05, 0) is 36.4 Å². The van der Waals surface area contributed by atoms with Gasteiger partial charge in [-0.3, -0.25) is 14.5 Å². The molecule has 3 heterocycles. The predicted molar refractivity (Wildman–Crippen MR) is 122 cm³/mol. The largest absolute Gasteiger partial charge is 0.353 e. The summed E-state index contributed by atoms with van der Waals surface area (Å²) in [5.74, 6) is 0.727. The van der Waals surface area contributed by atoms with E-state index in [1.54, 1.807) is 29.8 Å². The minimum Gasteiger partial charge on any atom is -0.353 e. The van der Waals surface area contributed by atoms with Crippen molar-refractivity contribution in [1.82, 2.24) is 20.2 Å². The van der Waals surface area contributed by atoms with E-state index in [0.717, 1.165) is 55.1 Å². The molecule has 2 N–H and O–H groups in total. The third-order valence-corrected chi connectivity index (χ3v) is 6.46. The summed E-state index contributed by atoms with van der Waals surface area (Å²) >= 11 is 1.62. The van der Waals surface area contributed by atoms with Crippen LogP contribution in [-0.2, 0) is 4.79 Å². The highest BCUT2D eigenvalue weighted by Gasteiger charge is 2.26. The fourth-order valence-corrected chi connectivity index (χ4v) is 4.55. The van der Waals surface area contributed by atoms with E-state index in [-0.39, 0.29) is 17.9 Å². The van der Waals surface area contributed by atoms with Gasteiger partial charge in [0.1, 0.15) is 17.0 Å². The number of anilines is 2. The number of carbonyl (C=O) groups excluding carboxylic acids is 2. The van der Waals surface area contributed by atoms with Crippen molar-refractivity contribution in [3.05, 3.63) is 47.6 Å². The van der Waals surface area contributed by atoms with E-state index in [2.05, 4.69) is 36.5 Å². The van der Waals surface area contributed by atoms with Crippen LogP contribution < -0.4 is 15.5 Å². The zero-order valence-corrected chi connectivity index (χ0v) is 17.9. The first-order chi connectivity index (χ1) is 15.2. The van der Waals surface area contributed by atoms with Gasteiger partial charge >= 0.3 is 0 Å². The first-order valence-electron chi connectivity index (χ1n) is 10.5. The molecule has 31 heavy (non-hydrogen) atoms. The first-order valence-corrected chi connectivity index (χ1v) is 11.4. The van der Waals surface area contributed by atoms with Crippen molar-refractivity contribution in [2.24, 2.45) is 0 Å². The first kappa shape index (κ1) is 19.9. The Balaban J connectivity index is 1.17. The highest BCUT2D eigenvalue weighted by atomic mass is 32.1. The van der Waals surface area contributed by atoms with Crippen molar-refractivity contribution in [2.75, 3.05) is 42.9 Å². The van der Waals surface area contributed by atoms with Crippen LogP contribution in [-0.4, -0.2) is 65.4 Å². The van der Waals surface area contributed by atoms with Gasteiger partial charge in [0, 0.05) is 32.2 Å². The van der Waals surface area contributed by atoms with Gasteiger partial charge in [0.2, 0.25) is 5.91 Å². The second-order valence-corrected chi connectivity index (χ2v) is 8.84. The molecule has 1 saturated heterocycles. The van der Waals surface area contributed by atoms with Crippen LogP contribution >= 0.6 is 11.3 Å². The van der Waals surface area contributed by atoms with Gasteiger partial charge in [-0.25, -0.2) is 9.97 Å². The molecule has 2 aliphatic rings. The molecule has 9 heteroatoms. The molecule has 8 nitrogen and oxygen atoms in total. The van der Waals surface area contributed by atoms with Gasteiger partial charge in [0.05, 0.1) is 23.2 Å². The molecule has 0 bridgehead atoms. The molecule has 0 atom stereocenters. The fraction of sp³-hybridized carbons (Fsp3) is 0.364. The Morgan fingerprint density at radius 1 is 1.06 bits per heavy atom. The smallest absolute Gasteiger partial charge is 0.253 e. The van der Waals surface area contributed by atoms with E-state index in [1.807, 2.05) is 17.5 Å². The molecule has 160 valence electrons. The third-order valence-electron chi connectivity index (χ3n) is 5.64. The highest BCUT2D eigenvalue weighted by Crippen LogP contribution is 2.27. The molecule has 0 spiro atoms. The zero-order valence-electron chi connectivity index (χ0n) is 17.1. The maximum absolute atomic E-state index is 12.7. The van der Waals surface area contributed by atoms with Gasteiger partial charge in [-0.2, -0.15) is 0 Å². The maximum atomic E-state index is 12.7. The second kappa shape index (κ2) is 8.60. The summed E-state index contributed by atoms with van der Waals surface area (Å²) < 4.78 is 0. The molecule has 5 rings (SSSR count). The Morgan fingerprint density at radius 2 is 1.87 bits per heavy atom. The number of amides is 2. The minimum absolute atomic E-state index is 0.109. The maximum Gasteiger partial charge on any atom is 0.253 e. The topological polar surface area (TPSA) is 90.5 Å². The lowest BCUT2D eigenvalue weighted by molar-refractivity contribution is -0.117. The molecule has 1 aliphatic carbocycles. The third kappa shape index (κ3) is 4.52. The lowest BCUT2D eigenvalue weighted by atomic mass is 10.1. The highest BCUT2D eigenvalue weighted by molar-refractivity contribution is 7.16. The van der Waals surface area contributed by atoms with Crippen LogP contribution in [0.1, 0.15) is 23.2 Å². The number of para-hydroxylation sites is 1. The Kier molecular flexibility index (Phi) is 5.52. The van der Waals surface area contributed by atoms with E-state index in [1.165, 1.54) is 0 Å². The van der Waals surface area contributed by atoms with Crippen LogP contribution in [0.3, 0.4) is 0 Å². The summed E-state index contributed by atoms with van der Waals surface area (Å²) in [6.45, 7) is 3.44. The molecule has 1 aromatic carbocycles. The predicted octanol–water partition coefficient (Wildman–Crippen LogP) is 2.34. The number of hydrogen-bond donors (Lipinski definition) is 2. The van der Waals surface area contributed by atoms with Gasteiger partial charge < -0.3 is 15.5 Å². The number of fused-ring (bicyclic) bond motifs is 1. The number of benzene rings is 1. The summed E-state index contributed by atoms with van der Waals surface area (Å²) in [4.78, 5) is 39.3. The molecule has 1 aliphatic heterocycles. The Morgan fingerprint density at radius 3 is 2.68 bits per heavy atom. The number of hydrogen-bond acceptors (Lipinski definition) is 7. The quantitative estimate of drug-likeness (QED) is 0.617. The summed E-state index contributed by atoms with van der Waals surface area (Å²) in [5.41, 5.74) is 1.07. The van der Waals surface area contributed by atoms with Gasteiger partial charge in [-0.1, -0.05) is 12.1 Å². The molecular formula is C22H24N6O2S. The second-order valence-electron chi connectivity index (χ2n) is 7.94. The minimum atomic E-state index is -0.128. The van der Waals surface area contributed by atoms with Crippen molar-refractivity contribution in [3.63, 3.8) is 0 Å². The van der Waals surface area contributed by atoms with Crippen LogP contribution in [0.5, 0.6) is 0 Å². The molecule has 0 unspecified atom stereocenters. The average Bonchev–Trinajstić information content (AvgIpc) is 3.46. The number of nitrogens with zero attached hydrogens (tertiary/aromatic N) is 4. The number of piperazine rings is 1. The molecule has 1 saturated carbocycles. The van der Waals surface area contributed by atoms with Gasteiger partial charge in [0.25, 0.3) is 5.91 Å². The molecule has 2 fully saturated rings. The van der Waals surface area contributed by atoms with Gasteiger partial charge in [0.15, 0.2) is 0 Å². The van der Waals surface area contributed by atoms with Crippen LogP contribution in [0.15, 0.2) is 42.0 Å². The van der Waals surface area contributed by atoms with Crippen LogP contribution in [0.25, 0.3) is 10.2 Å². The number of carbonyl (C=O) groups is 2. The van der Waals surface area contributed by atoms with E-state index < -0.39 is 0 Å². The average molecular weight is 437 g/mol. The van der Waals surface area contributed by atoms with E-state index >= 15 is 0 Å². The summed E-state index contributed by atoms with van der Waals surface area (Å²) in [6, 6.07) is 9.51. The molecule has 2 aromatic heterocycles. The Labute approximate surface area is 184 Å². The lowest BCUT2D eigenvalue weighted by Crippen LogP contribution is -2.49. The number of aromatic nitrogens is 2. The van der Waals surface area contributed by atoms with Crippen LogP contribution in [0.2, 0.25) is 0 Å². The van der Waals surface area contributed by atoms with Crippen molar-refractivity contribution in [1.29, 1.82) is 0 Å². The Hall–Kier alpha value is -3.04. The molecular weight excluding hydrogens is 412 g/mol. The van der Waals surface area contributed by atoms with Crippen LogP contribution in [0, 0.1) is 0 Å². The van der Waals surface area contributed by atoms with Crippen molar-refractivity contribution >= 4 is 44.9 Å². The number of nitrogens with one attached hydrogen (secondary N) is 2. The molecule has 2 amide bonds. The number of thiophene rings is 1. The fourth-order valence-electron chi connectivity index (χ4n) is 3.82.